The molecule has 1 unspecified atom stereocenters. The summed E-state index contributed by atoms with van der Waals surface area (Å²) in [7, 11) is 0. The maximum atomic E-state index is 9.19. The fourth-order valence-electron chi connectivity index (χ4n) is 2.35. The summed E-state index contributed by atoms with van der Waals surface area (Å²) in [4.78, 5) is 0. The van der Waals surface area contributed by atoms with E-state index in [9.17, 15) is 5.11 Å². The van der Waals surface area contributed by atoms with E-state index in [1.807, 2.05) is 18.2 Å². The molecule has 0 saturated carbocycles. The summed E-state index contributed by atoms with van der Waals surface area (Å²) in [6.07, 6.45) is -0.305. The first-order chi connectivity index (χ1) is 11.6. The highest BCUT2D eigenvalue weighted by molar-refractivity contribution is 5.85. The Bertz CT molecular complexity index is 607. The fraction of sp³-hybridized carbons (Fsp3) is 0.400. The number of para-hydroxylation sites is 1. The molecular weight excluding hydrogens is 371 g/mol. The van der Waals surface area contributed by atoms with Crippen molar-refractivity contribution in [1.29, 1.82) is 0 Å². The molecule has 2 aromatic carbocycles. The molecule has 0 fully saturated rings. The van der Waals surface area contributed by atoms with Gasteiger partial charge in [-0.2, -0.15) is 0 Å². The van der Waals surface area contributed by atoms with Gasteiger partial charge in [-0.3, -0.25) is 0 Å². The van der Waals surface area contributed by atoms with Gasteiger partial charge < -0.3 is 20.5 Å². The van der Waals surface area contributed by atoms with Crippen LogP contribution in [0.2, 0.25) is 0 Å². The minimum Gasteiger partial charge on any atom is -0.489 e. The van der Waals surface area contributed by atoms with Crippen LogP contribution in [0.15, 0.2) is 48.5 Å². The molecule has 6 heteroatoms. The largest absolute Gasteiger partial charge is 0.489 e. The highest BCUT2D eigenvalue weighted by Gasteiger charge is 2.03. The number of hydrogen-bond acceptors (Lipinski definition) is 4. The number of hydrogen-bond donors (Lipinski definition) is 3. The molecule has 1 atom stereocenters. The van der Waals surface area contributed by atoms with Crippen LogP contribution in [0.5, 0.6) is 5.75 Å². The molecule has 0 heterocycles. The van der Waals surface area contributed by atoms with Gasteiger partial charge in [-0.25, -0.2) is 0 Å². The van der Waals surface area contributed by atoms with E-state index in [2.05, 4.69) is 47.9 Å². The zero-order chi connectivity index (χ0) is 17.2. The van der Waals surface area contributed by atoms with Crippen LogP contribution in [0.4, 0.5) is 0 Å². The van der Waals surface area contributed by atoms with Gasteiger partial charge in [0.25, 0.3) is 0 Å². The van der Waals surface area contributed by atoms with Gasteiger partial charge in [0.15, 0.2) is 0 Å². The number of aliphatic hydroxyl groups is 1. The Hall–Kier alpha value is -1.30. The summed E-state index contributed by atoms with van der Waals surface area (Å²) in [5.74, 6) is 0.919. The molecule has 0 aliphatic carbocycles. The summed E-state index contributed by atoms with van der Waals surface area (Å²) in [6.45, 7) is 7.51. The summed E-state index contributed by atoms with van der Waals surface area (Å²) in [5, 5.41) is 15.8. The highest BCUT2D eigenvalue weighted by Crippen LogP contribution is 2.19. The Morgan fingerprint density at radius 3 is 2.31 bits per heavy atom. The van der Waals surface area contributed by atoms with E-state index in [-0.39, 0.29) is 30.9 Å². The molecule has 0 radical (unpaired) electrons. The standard InChI is InChI=1S/C20H28N2O2.2ClH/c1-16-7-9-18(10-8-16)15-24-20-6-4-3-5-19(20)14-22-12-11-21-13-17(2)23;;/h3-10,17,21-23H,11-15H2,1-2H3;2*1H. The first-order valence-electron chi connectivity index (χ1n) is 8.51. The van der Waals surface area contributed by atoms with Crippen LogP contribution in [0, 0.1) is 6.92 Å². The van der Waals surface area contributed by atoms with Crippen LogP contribution >= 0.6 is 24.8 Å². The molecule has 0 amide bonds. The SMILES string of the molecule is Cc1ccc(COc2ccccc2CNCCNCC(C)O)cc1.Cl.Cl. The molecule has 0 aliphatic heterocycles. The highest BCUT2D eigenvalue weighted by atomic mass is 35.5. The molecule has 4 nitrogen and oxygen atoms in total. The molecule has 0 spiro atoms. The molecule has 2 aromatic rings. The Morgan fingerprint density at radius 1 is 0.962 bits per heavy atom. The quantitative estimate of drug-likeness (QED) is 0.534. The minimum atomic E-state index is -0.305. The van der Waals surface area contributed by atoms with Crippen molar-refractivity contribution in [2.75, 3.05) is 19.6 Å². The first kappa shape index (κ1) is 24.7. The van der Waals surface area contributed by atoms with Gasteiger partial charge in [0.05, 0.1) is 6.10 Å². The van der Waals surface area contributed by atoms with Crippen LogP contribution in [0.1, 0.15) is 23.6 Å². The van der Waals surface area contributed by atoms with Crippen LogP contribution in [0.25, 0.3) is 0 Å². The summed E-state index contributed by atoms with van der Waals surface area (Å²) in [5.41, 5.74) is 3.58. The van der Waals surface area contributed by atoms with Crippen molar-refractivity contribution in [1.82, 2.24) is 10.6 Å². The number of halogens is 2. The van der Waals surface area contributed by atoms with Gasteiger partial charge in [-0.05, 0) is 25.5 Å². The number of ether oxygens (including phenoxy) is 1. The Labute approximate surface area is 169 Å². The van der Waals surface area contributed by atoms with Crippen molar-refractivity contribution >= 4 is 24.8 Å². The van der Waals surface area contributed by atoms with Gasteiger partial charge in [0.1, 0.15) is 12.4 Å². The van der Waals surface area contributed by atoms with E-state index in [4.69, 9.17) is 4.74 Å². The lowest BCUT2D eigenvalue weighted by molar-refractivity contribution is 0.191. The average molecular weight is 401 g/mol. The fourth-order valence-corrected chi connectivity index (χ4v) is 2.35. The molecule has 0 saturated heterocycles. The average Bonchev–Trinajstić information content (AvgIpc) is 2.58. The molecule has 3 N–H and O–H groups in total. The molecule has 0 aliphatic rings. The lowest BCUT2D eigenvalue weighted by atomic mass is 10.1. The van der Waals surface area contributed by atoms with E-state index in [1.54, 1.807) is 6.92 Å². The van der Waals surface area contributed by atoms with Crippen molar-refractivity contribution in [2.24, 2.45) is 0 Å². The van der Waals surface area contributed by atoms with Crippen LogP contribution in [0.3, 0.4) is 0 Å². The number of benzene rings is 2. The van der Waals surface area contributed by atoms with Crippen molar-refractivity contribution < 1.29 is 9.84 Å². The maximum Gasteiger partial charge on any atom is 0.124 e. The predicted octanol–water partition coefficient (Wildman–Crippen LogP) is 3.48. The first-order valence-corrected chi connectivity index (χ1v) is 8.51. The summed E-state index contributed by atoms with van der Waals surface area (Å²) >= 11 is 0. The second-order valence-electron chi connectivity index (χ2n) is 6.11. The van der Waals surface area contributed by atoms with Gasteiger partial charge in [0.2, 0.25) is 0 Å². The number of nitrogens with one attached hydrogen (secondary N) is 2. The Kier molecular flexibility index (Phi) is 13.2. The monoisotopic (exact) mass is 400 g/mol. The third-order valence-corrected chi connectivity index (χ3v) is 3.72. The van der Waals surface area contributed by atoms with Crippen LogP contribution in [-0.2, 0) is 13.2 Å². The second kappa shape index (κ2) is 13.8. The topological polar surface area (TPSA) is 53.5 Å². The van der Waals surface area contributed by atoms with Crippen molar-refractivity contribution in [3.63, 3.8) is 0 Å². The zero-order valence-corrected chi connectivity index (χ0v) is 17.0. The number of rotatable bonds is 10. The van der Waals surface area contributed by atoms with E-state index in [0.29, 0.717) is 13.2 Å². The molecular formula is C20H30Cl2N2O2. The lowest BCUT2D eigenvalue weighted by Gasteiger charge is -2.13. The zero-order valence-electron chi connectivity index (χ0n) is 15.4. The second-order valence-corrected chi connectivity index (χ2v) is 6.11. The third-order valence-electron chi connectivity index (χ3n) is 3.72. The molecule has 26 heavy (non-hydrogen) atoms. The van der Waals surface area contributed by atoms with E-state index < -0.39 is 0 Å². The smallest absolute Gasteiger partial charge is 0.124 e. The van der Waals surface area contributed by atoms with Crippen molar-refractivity contribution in [3.05, 3.63) is 65.2 Å². The van der Waals surface area contributed by atoms with Gasteiger partial charge in [-0.15, -0.1) is 24.8 Å². The predicted molar refractivity (Wildman–Crippen MR) is 113 cm³/mol. The van der Waals surface area contributed by atoms with Crippen LogP contribution < -0.4 is 15.4 Å². The summed E-state index contributed by atoms with van der Waals surface area (Å²) < 4.78 is 5.98. The summed E-state index contributed by atoms with van der Waals surface area (Å²) in [6, 6.07) is 16.5. The number of aliphatic hydroxyl groups excluding tert-OH is 1. The van der Waals surface area contributed by atoms with E-state index in [0.717, 1.165) is 30.9 Å². The van der Waals surface area contributed by atoms with E-state index >= 15 is 0 Å². The van der Waals surface area contributed by atoms with Crippen molar-refractivity contribution in [3.8, 4) is 5.75 Å². The maximum absolute atomic E-state index is 9.19. The minimum absolute atomic E-state index is 0. The Balaban J connectivity index is 0.00000312. The van der Waals surface area contributed by atoms with Gasteiger partial charge in [0, 0.05) is 31.7 Å². The lowest BCUT2D eigenvalue weighted by Crippen LogP contribution is -2.31. The molecule has 0 bridgehead atoms. The van der Waals surface area contributed by atoms with Gasteiger partial charge in [-0.1, -0.05) is 48.0 Å². The van der Waals surface area contributed by atoms with E-state index in [1.165, 1.54) is 11.1 Å². The molecule has 146 valence electrons. The van der Waals surface area contributed by atoms with Gasteiger partial charge >= 0.3 is 0 Å². The Morgan fingerprint density at radius 2 is 1.62 bits per heavy atom. The number of aryl methyl sites for hydroxylation is 1. The molecule has 2 rings (SSSR count). The van der Waals surface area contributed by atoms with Crippen LogP contribution in [-0.4, -0.2) is 30.8 Å². The third kappa shape index (κ3) is 9.41. The normalized spacial score (nSPS) is 11.2. The van der Waals surface area contributed by atoms with Crippen molar-refractivity contribution in [2.45, 2.75) is 33.1 Å². The molecule has 0 aromatic heterocycles.